The van der Waals surface area contributed by atoms with Crippen molar-refractivity contribution in [2.75, 3.05) is 54.5 Å². The lowest BCUT2D eigenvalue weighted by Gasteiger charge is -2.31. The van der Waals surface area contributed by atoms with Gasteiger partial charge in [-0.3, -0.25) is 14.9 Å². The molecule has 8 nitrogen and oxygen atoms in total. The fourth-order valence-corrected chi connectivity index (χ4v) is 4.12. The summed E-state index contributed by atoms with van der Waals surface area (Å²) in [5.74, 6) is -0.722. The lowest BCUT2D eigenvalue weighted by atomic mass is 10.1. The average Bonchev–Trinajstić information content (AvgIpc) is 3.33. The fraction of sp³-hybridized carbons (Fsp3) is 0.409. The number of ether oxygens (including phenoxy) is 1. The molecule has 0 unspecified atom stereocenters. The first-order valence-electron chi connectivity index (χ1n) is 10.6. The van der Waals surface area contributed by atoms with Crippen LogP contribution in [0.25, 0.3) is 0 Å². The fourth-order valence-electron chi connectivity index (χ4n) is 4.12. The predicted octanol–water partition coefficient (Wildman–Crippen LogP) is 4.30. The molecule has 33 heavy (non-hydrogen) atoms. The summed E-state index contributed by atoms with van der Waals surface area (Å²) in [7, 11) is 0. The molecular formula is C22H23F3N4O4. The Morgan fingerprint density at radius 2 is 1.61 bits per heavy atom. The van der Waals surface area contributed by atoms with Gasteiger partial charge in [-0.1, -0.05) is 0 Å². The van der Waals surface area contributed by atoms with Gasteiger partial charge in [0.15, 0.2) is 0 Å². The normalized spacial score (nSPS) is 16.7. The molecule has 0 aromatic heterocycles. The number of carbonyl (C=O) groups is 1. The SMILES string of the molecule is O=C(Nc1cc(C(F)(F)F)ccc1N1CCOCC1)c1ccc(N2CCCC2)c([N+](=O)[O-])c1. The Hall–Kier alpha value is -3.34. The molecule has 2 saturated heterocycles. The van der Waals surface area contributed by atoms with Crippen LogP contribution in [0, 0.1) is 10.1 Å². The van der Waals surface area contributed by atoms with Crippen molar-refractivity contribution < 1.29 is 27.6 Å². The maximum absolute atomic E-state index is 13.3. The van der Waals surface area contributed by atoms with E-state index in [1.165, 1.54) is 24.3 Å². The van der Waals surface area contributed by atoms with Crippen LogP contribution >= 0.6 is 0 Å². The highest BCUT2D eigenvalue weighted by Crippen LogP contribution is 2.37. The van der Waals surface area contributed by atoms with Gasteiger partial charge in [0.2, 0.25) is 0 Å². The van der Waals surface area contributed by atoms with Gasteiger partial charge in [-0.05, 0) is 43.2 Å². The smallest absolute Gasteiger partial charge is 0.378 e. The van der Waals surface area contributed by atoms with E-state index in [0.717, 1.165) is 25.0 Å². The molecule has 0 atom stereocenters. The van der Waals surface area contributed by atoms with Gasteiger partial charge < -0.3 is 19.9 Å². The molecule has 1 N–H and O–H groups in total. The van der Waals surface area contributed by atoms with Crippen molar-refractivity contribution in [3.63, 3.8) is 0 Å². The first-order valence-corrected chi connectivity index (χ1v) is 10.6. The molecule has 0 aliphatic carbocycles. The van der Waals surface area contributed by atoms with E-state index < -0.39 is 22.6 Å². The molecule has 2 aliphatic heterocycles. The van der Waals surface area contributed by atoms with Crippen molar-refractivity contribution in [3.8, 4) is 0 Å². The Morgan fingerprint density at radius 3 is 2.24 bits per heavy atom. The average molecular weight is 464 g/mol. The summed E-state index contributed by atoms with van der Waals surface area (Å²) in [5.41, 5.74) is -0.255. The first-order chi connectivity index (χ1) is 15.7. The van der Waals surface area contributed by atoms with E-state index in [-0.39, 0.29) is 16.9 Å². The number of anilines is 3. The largest absolute Gasteiger partial charge is 0.416 e. The molecule has 0 bridgehead atoms. The first kappa shape index (κ1) is 22.8. The number of nitro groups is 1. The van der Waals surface area contributed by atoms with E-state index in [9.17, 15) is 28.1 Å². The number of alkyl halides is 3. The summed E-state index contributed by atoms with van der Waals surface area (Å²) in [6, 6.07) is 7.32. The zero-order valence-electron chi connectivity index (χ0n) is 17.7. The maximum atomic E-state index is 13.3. The number of carbonyl (C=O) groups excluding carboxylic acids is 1. The Bertz CT molecular complexity index is 1050. The van der Waals surface area contributed by atoms with E-state index in [0.29, 0.717) is 50.8 Å². The highest BCUT2D eigenvalue weighted by molar-refractivity contribution is 6.06. The van der Waals surface area contributed by atoms with E-state index in [4.69, 9.17) is 4.74 Å². The molecule has 1 amide bonds. The standard InChI is InChI=1S/C22H23F3N4O4/c23-22(24,25)16-4-6-18(28-9-11-33-12-10-28)17(14-16)26-21(30)15-3-5-19(20(13-15)29(31)32)27-7-1-2-8-27/h3-6,13-14H,1-2,7-12H2,(H,26,30). The third kappa shape index (κ3) is 5.03. The molecular weight excluding hydrogens is 441 g/mol. The van der Waals surface area contributed by atoms with Gasteiger partial charge in [0.25, 0.3) is 11.6 Å². The number of nitro benzene ring substituents is 1. The van der Waals surface area contributed by atoms with Crippen molar-refractivity contribution >= 4 is 28.7 Å². The number of morpholine rings is 1. The number of amides is 1. The summed E-state index contributed by atoms with van der Waals surface area (Å²) in [4.78, 5) is 27.8. The number of hydrogen-bond donors (Lipinski definition) is 1. The predicted molar refractivity (Wildman–Crippen MR) is 117 cm³/mol. The number of nitrogens with zero attached hydrogens (tertiary/aromatic N) is 3. The van der Waals surface area contributed by atoms with Gasteiger partial charge in [0.1, 0.15) is 5.69 Å². The second-order valence-corrected chi connectivity index (χ2v) is 7.94. The van der Waals surface area contributed by atoms with Crippen LogP contribution in [-0.2, 0) is 10.9 Å². The number of rotatable bonds is 5. The zero-order valence-corrected chi connectivity index (χ0v) is 17.7. The molecule has 0 radical (unpaired) electrons. The molecule has 4 rings (SSSR count). The van der Waals surface area contributed by atoms with Crippen LogP contribution in [0.1, 0.15) is 28.8 Å². The third-order valence-electron chi connectivity index (χ3n) is 5.80. The molecule has 176 valence electrons. The molecule has 2 aromatic rings. The Balaban J connectivity index is 1.65. The summed E-state index contributed by atoms with van der Waals surface area (Å²) in [5, 5.41) is 14.2. The van der Waals surface area contributed by atoms with Crippen molar-refractivity contribution in [2.45, 2.75) is 19.0 Å². The monoisotopic (exact) mass is 464 g/mol. The van der Waals surface area contributed by atoms with Crippen molar-refractivity contribution in [2.24, 2.45) is 0 Å². The van der Waals surface area contributed by atoms with Gasteiger partial charge in [0, 0.05) is 37.8 Å². The minimum absolute atomic E-state index is 0.00464. The van der Waals surface area contributed by atoms with E-state index >= 15 is 0 Å². The van der Waals surface area contributed by atoms with Gasteiger partial charge in [-0.15, -0.1) is 0 Å². The molecule has 0 saturated carbocycles. The lowest BCUT2D eigenvalue weighted by Crippen LogP contribution is -2.36. The van der Waals surface area contributed by atoms with E-state index in [1.54, 1.807) is 0 Å². The zero-order chi connectivity index (χ0) is 23.6. The third-order valence-corrected chi connectivity index (χ3v) is 5.80. The van der Waals surface area contributed by atoms with Gasteiger partial charge in [-0.25, -0.2) is 0 Å². The number of hydrogen-bond acceptors (Lipinski definition) is 6. The summed E-state index contributed by atoms with van der Waals surface area (Å²) in [6.07, 6.45) is -2.72. The summed E-state index contributed by atoms with van der Waals surface area (Å²) in [6.45, 7) is 3.14. The topological polar surface area (TPSA) is 88.0 Å². The minimum Gasteiger partial charge on any atom is -0.378 e. The highest BCUT2D eigenvalue weighted by atomic mass is 19.4. The number of nitrogens with one attached hydrogen (secondary N) is 1. The van der Waals surface area contributed by atoms with E-state index in [1.807, 2.05) is 9.80 Å². The van der Waals surface area contributed by atoms with Gasteiger partial charge in [-0.2, -0.15) is 13.2 Å². The van der Waals surface area contributed by atoms with Crippen LogP contribution in [0.4, 0.5) is 35.9 Å². The van der Waals surface area contributed by atoms with Crippen LogP contribution < -0.4 is 15.1 Å². The number of halogens is 3. The molecule has 0 spiro atoms. The molecule has 2 aromatic carbocycles. The van der Waals surface area contributed by atoms with Crippen LogP contribution in [0.5, 0.6) is 0 Å². The molecule has 2 heterocycles. The molecule has 2 fully saturated rings. The van der Waals surface area contributed by atoms with Gasteiger partial charge in [0.05, 0.1) is 35.1 Å². The Morgan fingerprint density at radius 1 is 0.970 bits per heavy atom. The Kier molecular flexibility index (Phi) is 6.41. The lowest BCUT2D eigenvalue weighted by molar-refractivity contribution is -0.384. The number of benzene rings is 2. The maximum Gasteiger partial charge on any atom is 0.416 e. The van der Waals surface area contributed by atoms with Crippen molar-refractivity contribution in [3.05, 3.63) is 57.6 Å². The van der Waals surface area contributed by atoms with Crippen LogP contribution in [0.2, 0.25) is 0 Å². The quantitative estimate of drug-likeness (QED) is 0.524. The van der Waals surface area contributed by atoms with Crippen LogP contribution in [-0.4, -0.2) is 50.2 Å². The second kappa shape index (κ2) is 9.26. The highest BCUT2D eigenvalue weighted by Gasteiger charge is 2.32. The molecule has 2 aliphatic rings. The summed E-state index contributed by atoms with van der Waals surface area (Å²) < 4.78 is 45.2. The van der Waals surface area contributed by atoms with Crippen LogP contribution in [0.3, 0.4) is 0 Å². The van der Waals surface area contributed by atoms with Crippen LogP contribution in [0.15, 0.2) is 36.4 Å². The summed E-state index contributed by atoms with van der Waals surface area (Å²) >= 11 is 0. The Labute approximate surface area is 188 Å². The van der Waals surface area contributed by atoms with Gasteiger partial charge >= 0.3 is 6.18 Å². The second-order valence-electron chi connectivity index (χ2n) is 7.94. The molecule has 11 heteroatoms. The van der Waals surface area contributed by atoms with E-state index in [2.05, 4.69) is 5.32 Å². The van der Waals surface area contributed by atoms with Crippen molar-refractivity contribution in [1.29, 1.82) is 0 Å². The minimum atomic E-state index is -4.58. The van der Waals surface area contributed by atoms with Crippen molar-refractivity contribution in [1.82, 2.24) is 0 Å².